The van der Waals surface area contributed by atoms with Gasteiger partial charge in [0.05, 0.1) is 0 Å². The quantitative estimate of drug-likeness (QED) is 0.352. The van der Waals surface area contributed by atoms with Crippen LogP contribution >= 0.6 is 82.6 Å². The minimum Gasteiger partial charge on any atom is -0.0842 e. The largest absolute Gasteiger partial charge is 0.0842 e. The molecule has 0 aromatic heterocycles. The second-order valence-electron chi connectivity index (χ2n) is 3.18. The van der Waals surface area contributed by atoms with E-state index >= 15 is 0 Å². The van der Waals surface area contributed by atoms with Crippen LogP contribution in [0.3, 0.4) is 0 Å². The van der Waals surface area contributed by atoms with Crippen LogP contribution in [0.25, 0.3) is 0 Å². The number of hydrogen-bond acceptors (Lipinski definition) is 0. The molecule has 0 atom stereocenters. The van der Waals surface area contributed by atoms with E-state index in [9.17, 15) is 0 Å². The van der Waals surface area contributed by atoms with Gasteiger partial charge in [0, 0.05) is 28.5 Å². The molecule has 0 unspecified atom stereocenters. The van der Waals surface area contributed by atoms with Crippen molar-refractivity contribution in [2.45, 2.75) is 0 Å². The first-order valence-corrected chi connectivity index (χ1v) is 8.11. The average Bonchev–Trinajstić information content (AvgIpc) is 2.12. The van der Waals surface area contributed by atoms with E-state index in [1.807, 2.05) is 18.2 Å². The van der Waals surface area contributed by atoms with Crippen molar-refractivity contribution in [2.75, 3.05) is 0 Å². The zero-order valence-electron chi connectivity index (χ0n) is 8.73. The van der Waals surface area contributed by atoms with Crippen molar-refractivity contribution in [3.05, 3.63) is 64.9 Å². The van der Waals surface area contributed by atoms with Crippen LogP contribution in [0, 0.1) is 0 Å². The summed E-state index contributed by atoms with van der Waals surface area (Å²) in [7, 11) is 0. The van der Waals surface area contributed by atoms with Crippen molar-refractivity contribution < 1.29 is 0 Å². The number of benzene rings is 2. The summed E-state index contributed by atoms with van der Waals surface area (Å²) >= 11 is 26.8. The molecule has 18 heavy (non-hydrogen) atoms. The molecule has 0 saturated carbocycles. The molecule has 0 radical (unpaired) electrons. The average molecular weight is 496 g/mol. The first kappa shape index (κ1) is 16.8. The predicted molar refractivity (Wildman–Crippen MR) is 91.0 cm³/mol. The molecule has 6 heteroatoms. The Morgan fingerprint density at radius 2 is 0.722 bits per heavy atom. The summed E-state index contributed by atoms with van der Waals surface area (Å²) in [6, 6.07) is 10.9. The SMILES string of the molecule is Brc1cc(Br)cc(Br)c1.Clc1cc(Cl)cc(Cl)c1. The molecule has 0 aliphatic carbocycles. The Balaban J connectivity index is 0.000000180. The lowest BCUT2D eigenvalue weighted by atomic mass is 10.4. The van der Waals surface area contributed by atoms with Crippen molar-refractivity contribution in [1.82, 2.24) is 0 Å². The van der Waals surface area contributed by atoms with Crippen LogP contribution in [-0.2, 0) is 0 Å². The molecular formula is C12H6Br3Cl3. The zero-order valence-corrected chi connectivity index (χ0v) is 15.8. The molecule has 0 N–H and O–H groups in total. The van der Waals surface area contributed by atoms with Gasteiger partial charge < -0.3 is 0 Å². The molecule has 0 fully saturated rings. The number of rotatable bonds is 0. The van der Waals surface area contributed by atoms with E-state index in [0.29, 0.717) is 15.1 Å². The topological polar surface area (TPSA) is 0 Å². The van der Waals surface area contributed by atoms with Gasteiger partial charge in [-0.3, -0.25) is 0 Å². The highest BCUT2D eigenvalue weighted by molar-refractivity contribution is 9.11. The van der Waals surface area contributed by atoms with E-state index in [2.05, 4.69) is 47.8 Å². The van der Waals surface area contributed by atoms with Crippen LogP contribution in [0.2, 0.25) is 15.1 Å². The smallest absolute Gasteiger partial charge is 0.0435 e. The fraction of sp³-hybridized carbons (Fsp3) is 0. The van der Waals surface area contributed by atoms with Gasteiger partial charge in [0.1, 0.15) is 0 Å². The summed E-state index contributed by atoms with van der Waals surface area (Å²) in [5.74, 6) is 0. The van der Waals surface area contributed by atoms with E-state index < -0.39 is 0 Å². The van der Waals surface area contributed by atoms with Crippen LogP contribution in [-0.4, -0.2) is 0 Å². The van der Waals surface area contributed by atoms with E-state index in [4.69, 9.17) is 34.8 Å². The summed E-state index contributed by atoms with van der Waals surface area (Å²) < 4.78 is 3.22. The molecule has 0 amide bonds. The molecule has 0 bridgehead atoms. The minimum atomic E-state index is 0.563. The van der Waals surface area contributed by atoms with E-state index in [1.165, 1.54) is 0 Å². The Morgan fingerprint density at radius 1 is 0.500 bits per heavy atom. The number of hydrogen-bond donors (Lipinski definition) is 0. The fourth-order valence-electron chi connectivity index (χ4n) is 1.04. The Labute approximate surface area is 146 Å². The highest BCUT2D eigenvalue weighted by atomic mass is 79.9. The first-order chi connectivity index (χ1) is 8.36. The summed E-state index contributed by atoms with van der Waals surface area (Å²) in [6.07, 6.45) is 0. The third kappa shape index (κ3) is 6.78. The molecule has 0 heterocycles. The van der Waals surface area contributed by atoms with Crippen LogP contribution in [0.4, 0.5) is 0 Å². The Kier molecular flexibility index (Phi) is 7.59. The van der Waals surface area contributed by atoms with Crippen LogP contribution in [0.15, 0.2) is 49.8 Å². The van der Waals surface area contributed by atoms with Gasteiger partial charge in [0.15, 0.2) is 0 Å². The standard InChI is InChI=1S/C6H3Br3.C6H3Cl3/c2*7-4-1-5(8)3-6(9)2-4/h2*1-3H. The molecular weight excluding hydrogens is 490 g/mol. The van der Waals surface area contributed by atoms with E-state index in [1.54, 1.807) is 18.2 Å². The lowest BCUT2D eigenvalue weighted by molar-refractivity contribution is 1.56. The van der Waals surface area contributed by atoms with Crippen molar-refractivity contribution >= 4 is 82.6 Å². The molecule has 0 spiro atoms. The summed E-state index contributed by atoms with van der Waals surface area (Å²) in [6.45, 7) is 0. The van der Waals surface area contributed by atoms with Gasteiger partial charge in [-0.1, -0.05) is 82.6 Å². The van der Waals surface area contributed by atoms with Crippen LogP contribution < -0.4 is 0 Å². The minimum absolute atomic E-state index is 0.563. The second kappa shape index (κ2) is 8.13. The molecule has 2 aromatic rings. The van der Waals surface area contributed by atoms with Crippen molar-refractivity contribution in [3.8, 4) is 0 Å². The van der Waals surface area contributed by atoms with Gasteiger partial charge in [-0.2, -0.15) is 0 Å². The van der Waals surface area contributed by atoms with Crippen LogP contribution in [0.5, 0.6) is 0 Å². The lowest BCUT2D eigenvalue weighted by Gasteiger charge is -1.92. The first-order valence-electron chi connectivity index (χ1n) is 4.60. The molecule has 96 valence electrons. The van der Waals surface area contributed by atoms with Crippen molar-refractivity contribution in [3.63, 3.8) is 0 Å². The van der Waals surface area contributed by atoms with Crippen LogP contribution in [0.1, 0.15) is 0 Å². The van der Waals surface area contributed by atoms with Gasteiger partial charge in [0.2, 0.25) is 0 Å². The molecule has 2 rings (SSSR count). The third-order valence-corrected chi connectivity index (χ3v) is 3.68. The molecule has 0 aliphatic heterocycles. The maximum atomic E-state index is 5.58. The molecule has 0 nitrogen and oxygen atoms in total. The van der Waals surface area contributed by atoms with Crippen molar-refractivity contribution in [2.24, 2.45) is 0 Å². The second-order valence-corrected chi connectivity index (χ2v) is 7.23. The third-order valence-electron chi connectivity index (χ3n) is 1.65. The molecule has 2 aromatic carbocycles. The monoisotopic (exact) mass is 492 g/mol. The summed E-state index contributed by atoms with van der Waals surface area (Å²) in [4.78, 5) is 0. The van der Waals surface area contributed by atoms with E-state index in [0.717, 1.165) is 13.4 Å². The highest BCUT2D eigenvalue weighted by Gasteiger charge is 1.93. The zero-order chi connectivity index (χ0) is 13.7. The van der Waals surface area contributed by atoms with Gasteiger partial charge >= 0.3 is 0 Å². The Hall–Kier alpha value is 0.750. The normalized spacial score (nSPS) is 9.67. The highest BCUT2D eigenvalue weighted by Crippen LogP contribution is 2.23. The lowest BCUT2D eigenvalue weighted by Crippen LogP contribution is -1.66. The van der Waals surface area contributed by atoms with Crippen molar-refractivity contribution in [1.29, 1.82) is 0 Å². The maximum Gasteiger partial charge on any atom is 0.0435 e. The summed E-state index contributed by atoms with van der Waals surface area (Å²) in [5, 5.41) is 1.69. The fourth-order valence-corrected chi connectivity index (χ4v) is 4.31. The Morgan fingerprint density at radius 3 is 0.944 bits per heavy atom. The van der Waals surface area contributed by atoms with Gasteiger partial charge in [-0.15, -0.1) is 0 Å². The van der Waals surface area contributed by atoms with E-state index in [-0.39, 0.29) is 0 Å². The number of halogens is 6. The summed E-state index contributed by atoms with van der Waals surface area (Å²) in [5.41, 5.74) is 0. The predicted octanol–water partition coefficient (Wildman–Crippen LogP) is 7.62. The van der Waals surface area contributed by atoms with Gasteiger partial charge in [0.25, 0.3) is 0 Å². The Bertz CT molecular complexity index is 394. The molecule has 0 saturated heterocycles. The van der Waals surface area contributed by atoms with Gasteiger partial charge in [-0.25, -0.2) is 0 Å². The maximum absolute atomic E-state index is 5.58. The van der Waals surface area contributed by atoms with Gasteiger partial charge in [-0.05, 0) is 36.4 Å². The molecule has 0 aliphatic rings.